The Balaban J connectivity index is 1.94. The molecular formula is C30H36O2Si2. The minimum Gasteiger partial charge on any atom is -0.404 e. The number of fused-ring (bicyclic) bond motifs is 4. The van der Waals surface area contributed by atoms with Crippen LogP contribution < -0.4 is 0 Å². The van der Waals surface area contributed by atoms with Crippen LogP contribution in [0.5, 0.6) is 0 Å². The highest BCUT2D eigenvalue weighted by Gasteiger charge is 2.50. The summed E-state index contributed by atoms with van der Waals surface area (Å²) in [6.45, 7) is 18.3. The van der Waals surface area contributed by atoms with Gasteiger partial charge in [-0.2, -0.15) is 0 Å². The molecule has 2 nitrogen and oxygen atoms in total. The monoisotopic (exact) mass is 484 g/mol. The third kappa shape index (κ3) is 3.87. The lowest BCUT2D eigenvalue weighted by Crippen LogP contribution is -2.49. The van der Waals surface area contributed by atoms with Gasteiger partial charge in [0.15, 0.2) is 16.6 Å². The minimum atomic E-state index is -1.91. The van der Waals surface area contributed by atoms with Crippen molar-refractivity contribution < 1.29 is 8.85 Å². The first-order valence-corrected chi connectivity index (χ1v) is 19.1. The molecule has 1 aliphatic rings. The molecule has 4 aromatic carbocycles. The van der Waals surface area contributed by atoms with Crippen LogP contribution in [0.4, 0.5) is 0 Å². The average Bonchev–Trinajstić information content (AvgIpc) is 2.74. The number of rotatable bonds is 4. The normalized spacial score (nSPS) is 22.6. The van der Waals surface area contributed by atoms with E-state index in [0.29, 0.717) is 0 Å². The van der Waals surface area contributed by atoms with E-state index in [2.05, 4.69) is 126 Å². The summed E-state index contributed by atoms with van der Waals surface area (Å²) in [5, 5.41) is 4.97. The highest BCUT2D eigenvalue weighted by Crippen LogP contribution is 2.54. The molecule has 4 aromatic rings. The van der Waals surface area contributed by atoms with Crippen molar-refractivity contribution in [2.24, 2.45) is 0 Å². The van der Waals surface area contributed by atoms with Gasteiger partial charge in [0.05, 0.1) is 0 Å². The molecule has 5 rings (SSSR count). The van der Waals surface area contributed by atoms with Gasteiger partial charge in [0.1, 0.15) is 11.2 Å². The molecule has 0 fully saturated rings. The summed E-state index contributed by atoms with van der Waals surface area (Å²) in [7, 11) is -3.83. The molecule has 0 unspecified atom stereocenters. The summed E-state index contributed by atoms with van der Waals surface area (Å²) in [5.74, 6) is 0. The van der Waals surface area contributed by atoms with Gasteiger partial charge in [0.25, 0.3) is 0 Å². The average molecular weight is 485 g/mol. The van der Waals surface area contributed by atoms with Gasteiger partial charge in [-0.3, -0.25) is 0 Å². The quantitative estimate of drug-likeness (QED) is 0.270. The third-order valence-electron chi connectivity index (χ3n) is 6.85. The zero-order valence-corrected chi connectivity index (χ0v) is 23.7. The van der Waals surface area contributed by atoms with Gasteiger partial charge in [0, 0.05) is 0 Å². The van der Waals surface area contributed by atoms with E-state index in [1.165, 1.54) is 43.8 Å². The lowest BCUT2D eigenvalue weighted by Gasteiger charge is -2.50. The van der Waals surface area contributed by atoms with Gasteiger partial charge < -0.3 is 8.85 Å². The fraction of sp³-hybridized carbons (Fsp3) is 0.333. The fourth-order valence-corrected chi connectivity index (χ4v) is 8.68. The van der Waals surface area contributed by atoms with Crippen molar-refractivity contribution in [1.82, 2.24) is 0 Å². The molecule has 34 heavy (non-hydrogen) atoms. The molecule has 176 valence electrons. The number of benzene rings is 4. The van der Waals surface area contributed by atoms with E-state index < -0.39 is 27.8 Å². The van der Waals surface area contributed by atoms with E-state index in [4.69, 9.17) is 8.85 Å². The maximum absolute atomic E-state index is 7.14. The summed E-state index contributed by atoms with van der Waals surface area (Å²) in [5.41, 5.74) is 3.83. The Hall–Kier alpha value is -2.25. The second-order valence-corrected chi connectivity index (χ2v) is 20.8. The Morgan fingerprint density at radius 3 is 0.912 bits per heavy atom. The predicted molar refractivity (Wildman–Crippen MR) is 150 cm³/mol. The van der Waals surface area contributed by atoms with Gasteiger partial charge in [0.2, 0.25) is 0 Å². The summed E-state index contributed by atoms with van der Waals surface area (Å²) >= 11 is 0. The van der Waals surface area contributed by atoms with Crippen LogP contribution in [-0.4, -0.2) is 16.6 Å². The van der Waals surface area contributed by atoms with Crippen LogP contribution in [0.2, 0.25) is 39.3 Å². The highest BCUT2D eigenvalue weighted by molar-refractivity contribution is 6.70. The first-order valence-electron chi connectivity index (χ1n) is 12.3. The van der Waals surface area contributed by atoms with Crippen molar-refractivity contribution in [1.29, 1.82) is 0 Å². The smallest absolute Gasteiger partial charge is 0.185 e. The maximum Gasteiger partial charge on any atom is 0.185 e. The summed E-state index contributed by atoms with van der Waals surface area (Å²) < 4.78 is 14.3. The van der Waals surface area contributed by atoms with Crippen LogP contribution in [0.1, 0.15) is 36.1 Å². The van der Waals surface area contributed by atoms with E-state index in [-0.39, 0.29) is 0 Å². The van der Waals surface area contributed by atoms with Gasteiger partial charge in [-0.1, -0.05) is 48.5 Å². The van der Waals surface area contributed by atoms with Crippen molar-refractivity contribution in [3.8, 4) is 0 Å². The zero-order valence-electron chi connectivity index (χ0n) is 21.7. The molecular weight excluding hydrogens is 449 g/mol. The van der Waals surface area contributed by atoms with Crippen molar-refractivity contribution in [2.75, 3.05) is 0 Å². The molecule has 0 aliphatic heterocycles. The van der Waals surface area contributed by atoms with Crippen LogP contribution in [0.25, 0.3) is 21.5 Å². The molecule has 0 heterocycles. The molecule has 0 spiro atoms. The Morgan fingerprint density at radius 2 is 0.706 bits per heavy atom. The Kier molecular flexibility index (Phi) is 5.27. The van der Waals surface area contributed by atoms with Crippen LogP contribution in [0, 0.1) is 0 Å². The molecule has 0 aromatic heterocycles. The van der Waals surface area contributed by atoms with Gasteiger partial charge >= 0.3 is 0 Å². The molecule has 0 saturated carbocycles. The first kappa shape index (κ1) is 23.5. The lowest BCUT2D eigenvalue weighted by molar-refractivity contribution is 0.0726. The second-order valence-electron chi connectivity index (χ2n) is 12.0. The van der Waals surface area contributed by atoms with Gasteiger partial charge in [-0.05, 0) is 121 Å². The zero-order chi connectivity index (χ0) is 24.5. The van der Waals surface area contributed by atoms with Gasteiger partial charge in [-0.25, -0.2) is 0 Å². The summed E-state index contributed by atoms with van der Waals surface area (Å²) in [6.07, 6.45) is 0. The lowest BCUT2D eigenvalue weighted by atomic mass is 9.68. The summed E-state index contributed by atoms with van der Waals surface area (Å²) in [4.78, 5) is 0. The highest BCUT2D eigenvalue weighted by atomic mass is 28.4. The molecule has 0 saturated heterocycles. The number of hydrogen-bond acceptors (Lipinski definition) is 2. The van der Waals surface area contributed by atoms with E-state index in [1.54, 1.807) is 0 Å². The first-order chi connectivity index (χ1) is 15.8. The van der Waals surface area contributed by atoms with Crippen LogP contribution in [0.15, 0.2) is 72.8 Å². The molecule has 0 N–H and O–H groups in total. The molecule has 4 heteroatoms. The number of hydrogen-bond donors (Lipinski definition) is 0. The summed E-state index contributed by atoms with van der Waals surface area (Å²) in [6, 6.07) is 26.7. The molecule has 1 aliphatic carbocycles. The van der Waals surface area contributed by atoms with Crippen LogP contribution >= 0.6 is 0 Å². The third-order valence-corrected chi connectivity index (χ3v) is 8.89. The van der Waals surface area contributed by atoms with Crippen molar-refractivity contribution in [2.45, 2.75) is 64.3 Å². The maximum atomic E-state index is 7.14. The predicted octanol–water partition coefficient (Wildman–Crippen LogP) is 8.54. The molecule has 0 amide bonds. The van der Waals surface area contributed by atoms with Crippen molar-refractivity contribution in [3.05, 3.63) is 95.1 Å². The second kappa shape index (κ2) is 7.63. The van der Waals surface area contributed by atoms with E-state index >= 15 is 0 Å². The Morgan fingerprint density at radius 1 is 0.471 bits per heavy atom. The Labute approximate surface area is 206 Å². The largest absolute Gasteiger partial charge is 0.404 e. The van der Waals surface area contributed by atoms with Crippen molar-refractivity contribution in [3.63, 3.8) is 0 Å². The van der Waals surface area contributed by atoms with Crippen LogP contribution in [0.3, 0.4) is 0 Å². The fourth-order valence-electron chi connectivity index (χ4n) is 5.79. The standard InChI is InChI=1S/C30H36O2Si2/c1-29(31-33(3,4)5)25-17-21-13-9-11-15-23(21)19-27(25)30(2,32-34(6,7)8)28-20-24-16-12-10-14-22(24)18-26(28)29/h9-20H,1-8H3. The molecule has 0 atom stereocenters. The van der Waals surface area contributed by atoms with Gasteiger partial charge in [-0.15, -0.1) is 0 Å². The van der Waals surface area contributed by atoms with E-state index in [1.807, 2.05) is 0 Å². The van der Waals surface area contributed by atoms with E-state index in [9.17, 15) is 0 Å². The Bertz CT molecular complexity index is 1220. The molecule has 0 bridgehead atoms. The van der Waals surface area contributed by atoms with Crippen LogP contribution in [-0.2, 0) is 20.1 Å². The topological polar surface area (TPSA) is 18.5 Å². The minimum absolute atomic E-state index is 0.550. The SMILES string of the molecule is CC1(O[Si](C)(C)C)c2cc3ccccc3cc2C(C)(O[Si](C)(C)C)c2cc3ccccc3cc21. The van der Waals surface area contributed by atoms with E-state index in [0.717, 1.165) is 0 Å². The molecule has 0 radical (unpaired) electrons. The van der Waals surface area contributed by atoms with Crippen molar-refractivity contribution >= 4 is 38.2 Å².